The van der Waals surface area contributed by atoms with Crippen molar-refractivity contribution in [3.8, 4) is 0 Å². The van der Waals surface area contributed by atoms with E-state index in [1.807, 2.05) is 13.8 Å². The summed E-state index contributed by atoms with van der Waals surface area (Å²) in [4.78, 5) is 4.15. The Hall–Kier alpha value is -0.770. The molecule has 0 aliphatic carbocycles. The summed E-state index contributed by atoms with van der Waals surface area (Å²) in [5, 5.41) is 3.09. The summed E-state index contributed by atoms with van der Waals surface area (Å²) in [5.74, 6) is 0.762. The molecule has 0 saturated carbocycles. The van der Waals surface area contributed by atoms with E-state index in [1.165, 1.54) is 0 Å². The van der Waals surface area contributed by atoms with Crippen molar-refractivity contribution in [3.05, 3.63) is 16.2 Å². The summed E-state index contributed by atoms with van der Waals surface area (Å²) in [7, 11) is 0. The third kappa shape index (κ3) is 1.69. The summed E-state index contributed by atoms with van der Waals surface area (Å²) in [5.41, 5.74) is 7.56. The van der Waals surface area contributed by atoms with Crippen LogP contribution in [-0.2, 0) is 0 Å². The molecule has 3 N–H and O–H groups in total. The van der Waals surface area contributed by atoms with Crippen LogP contribution in [0.3, 0.4) is 0 Å². The molecule has 0 amide bonds. The van der Waals surface area contributed by atoms with Gasteiger partial charge in [-0.3, -0.25) is 0 Å². The zero-order chi connectivity index (χ0) is 9.14. The molecule has 4 heteroatoms. The summed E-state index contributed by atoms with van der Waals surface area (Å²) < 4.78 is 0.946. The Morgan fingerprint density at radius 1 is 1.67 bits per heavy atom. The van der Waals surface area contributed by atoms with Crippen LogP contribution >= 0.6 is 15.9 Å². The third-order valence-corrected chi connectivity index (χ3v) is 2.47. The van der Waals surface area contributed by atoms with Crippen molar-refractivity contribution in [1.82, 2.24) is 4.98 Å². The normalized spacial score (nSPS) is 9.92. The van der Waals surface area contributed by atoms with E-state index >= 15 is 0 Å². The maximum Gasteiger partial charge on any atom is 0.149 e. The number of halogens is 1. The van der Waals surface area contributed by atoms with Gasteiger partial charge in [-0.2, -0.15) is 0 Å². The lowest BCUT2D eigenvalue weighted by atomic mass is 10.2. The number of hydrogen-bond acceptors (Lipinski definition) is 3. The van der Waals surface area contributed by atoms with Gasteiger partial charge < -0.3 is 11.1 Å². The van der Waals surface area contributed by atoms with Crippen molar-refractivity contribution in [3.63, 3.8) is 0 Å². The minimum atomic E-state index is 0.714. The van der Waals surface area contributed by atoms with Gasteiger partial charge >= 0.3 is 0 Å². The second kappa shape index (κ2) is 3.76. The molecule has 1 aromatic rings. The Morgan fingerprint density at radius 2 is 2.33 bits per heavy atom. The molecule has 0 spiro atoms. The van der Waals surface area contributed by atoms with Crippen molar-refractivity contribution in [2.24, 2.45) is 0 Å². The summed E-state index contributed by atoms with van der Waals surface area (Å²) >= 11 is 3.36. The van der Waals surface area contributed by atoms with Gasteiger partial charge in [0.1, 0.15) is 5.82 Å². The second-order valence-electron chi connectivity index (χ2n) is 2.52. The van der Waals surface area contributed by atoms with E-state index in [1.54, 1.807) is 6.20 Å². The molecule has 1 heterocycles. The second-order valence-corrected chi connectivity index (χ2v) is 3.38. The van der Waals surface area contributed by atoms with Gasteiger partial charge in [0.15, 0.2) is 0 Å². The van der Waals surface area contributed by atoms with Crippen LogP contribution in [0.1, 0.15) is 12.5 Å². The SMILES string of the molecule is CCNc1ncc(Br)c(C)c1N. The molecule has 0 bridgehead atoms. The number of nitrogens with zero attached hydrogens (tertiary/aromatic N) is 1. The Labute approximate surface area is 80.5 Å². The third-order valence-electron chi connectivity index (χ3n) is 1.67. The largest absolute Gasteiger partial charge is 0.395 e. The van der Waals surface area contributed by atoms with Crippen LogP contribution < -0.4 is 11.1 Å². The number of nitrogen functional groups attached to an aromatic ring is 1. The van der Waals surface area contributed by atoms with Gasteiger partial charge in [0, 0.05) is 17.2 Å². The maximum atomic E-state index is 5.81. The zero-order valence-corrected chi connectivity index (χ0v) is 8.77. The first-order valence-corrected chi connectivity index (χ1v) is 4.60. The van der Waals surface area contributed by atoms with E-state index in [0.29, 0.717) is 5.69 Å². The molecule has 3 nitrogen and oxygen atoms in total. The van der Waals surface area contributed by atoms with Crippen molar-refractivity contribution >= 4 is 27.4 Å². The monoisotopic (exact) mass is 229 g/mol. The average Bonchev–Trinajstić information content (AvgIpc) is 2.07. The number of anilines is 2. The van der Waals surface area contributed by atoms with Gasteiger partial charge in [0.25, 0.3) is 0 Å². The van der Waals surface area contributed by atoms with Crippen LogP contribution in [0.4, 0.5) is 11.5 Å². The minimum absolute atomic E-state index is 0.714. The topological polar surface area (TPSA) is 50.9 Å². The highest BCUT2D eigenvalue weighted by atomic mass is 79.9. The molecule has 1 aromatic heterocycles. The van der Waals surface area contributed by atoms with Gasteiger partial charge in [-0.25, -0.2) is 4.98 Å². The van der Waals surface area contributed by atoms with Crippen LogP contribution in [0, 0.1) is 6.92 Å². The predicted octanol–water partition coefficient (Wildman–Crippen LogP) is 2.17. The van der Waals surface area contributed by atoms with Crippen molar-refractivity contribution in [1.29, 1.82) is 0 Å². The number of rotatable bonds is 2. The molecular weight excluding hydrogens is 218 g/mol. The molecule has 0 radical (unpaired) electrons. The fourth-order valence-corrected chi connectivity index (χ4v) is 1.22. The fraction of sp³-hybridized carbons (Fsp3) is 0.375. The molecule has 0 saturated heterocycles. The number of hydrogen-bond donors (Lipinski definition) is 2. The van der Waals surface area contributed by atoms with Crippen LogP contribution in [0.5, 0.6) is 0 Å². The van der Waals surface area contributed by atoms with Crippen LogP contribution in [0.15, 0.2) is 10.7 Å². The van der Waals surface area contributed by atoms with Gasteiger partial charge in [-0.1, -0.05) is 0 Å². The quantitative estimate of drug-likeness (QED) is 0.818. The Kier molecular flexibility index (Phi) is 2.92. The standard InChI is InChI=1S/C8H12BrN3/c1-3-11-8-7(10)5(2)6(9)4-12-8/h4H,3,10H2,1-2H3,(H,11,12). The minimum Gasteiger partial charge on any atom is -0.395 e. The molecule has 0 aliphatic rings. The van der Waals surface area contributed by atoms with Gasteiger partial charge in [0.2, 0.25) is 0 Å². The average molecular weight is 230 g/mol. The van der Waals surface area contributed by atoms with Crippen LogP contribution in [0.25, 0.3) is 0 Å². The highest BCUT2D eigenvalue weighted by molar-refractivity contribution is 9.10. The van der Waals surface area contributed by atoms with E-state index in [9.17, 15) is 0 Å². The lowest BCUT2D eigenvalue weighted by Gasteiger charge is -2.08. The number of pyridine rings is 1. The predicted molar refractivity (Wildman–Crippen MR) is 55.3 cm³/mol. The maximum absolute atomic E-state index is 5.81. The van der Waals surface area contributed by atoms with Gasteiger partial charge in [-0.05, 0) is 35.3 Å². The summed E-state index contributed by atoms with van der Waals surface area (Å²) in [6, 6.07) is 0. The lowest BCUT2D eigenvalue weighted by molar-refractivity contribution is 1.15. The molecular formula is C8H12BrN3. The first kappa shape index (κ1) is 9.32. The van der Waals surface area contributed by atoms with Gasteiger partial charge in [-0.15, -0.1) is 0 Å². The Morgan fingerprint density at radius 3 is 2.92 bits per heavy atom. The first-order chi connectivity index (χ1) is 5.66. The molecule has 1 rings (SSSR count). The zero-order valence-electron chi connectivity index (χ0n) is 7.19. The van der Waals surface area contributed by atoms with Crippen molar-refractivity contribution in [2.75, 3.05) is 17.6 Å². The van der Waals surface area contributed by atoms with Crippen molar-refractivity contribution < 1.29 is 0 Å². The van der Waals surface area contributed by atoms with E-state index in [0.717, 1.165) is 22.4 Å². The van der Waals surface area contributed by atoms with E-state index in [-0.39, 0.29) is 0 Å². The first-order valence-electron chi connectivity index (χ1n) is 3.81. The molecule has 0 aliphatic heterocycles. The highest BCUT2D eigenvalue weighted by Crippen LogP contribution is 2.25. The molecule has 0 aromatic carbocycles. The number of aromatic nitrogens is 1. The molecule has 0 unspecified atom stereocenters. The Bertz CT molecular complexity index is 286. The lowest BCUT2D eigenvalue weighted by Crippen LogP contribution is -2.04. The van der Waals surface area contributed by atoms with Crippen molar-refractivity contribution in [2.45, 2.75) is 13.8 Å². The van der Waals surface area contributed by atoms with E-state index in [4.69, 9.17) is 5.73 Å². The summed E-state index contributed by atoms with van der Waals surface area (Å²) in [6.07, 6.45) is 1.75. The van der Waals surface area contributed by atoms with Crippen LogP contribution in [0.2, 0.25) is 0 Å². The molecule has 66 valence electrons. The fourth-order valence-electron chi connectivity index (χ4n) is 0.902. The number of nitrogens with two attached hydrogens (primary N) is 1. The number of nitrogens with one attached hydrogen (secondary N) is 1. The smallest absolute Gasteiger partial charge is 0.149 e. The van der Waals surface area contributed by atoms with Gasteiger partial charge in [0.05, 0.1) is 5.69 Å². The Balaban J connectivity index is 3.08. The van der Waals surface area contributed by atoms with E-state index < -0.39 is 0 Å². The highest BCUT2D eigenvalue weighted by Gasteiger charge is 2.04. The summed E-state index contributed by atoms with van der Waals surface area (Å²) in [6.45, 7) is 4.80. The molecule has 0 atom stereocenters. The van der Waals surface area contributed by atoms with Crippen LogP contribution in [-0.4, -0.2) is 11.5 Å². The van der Waals surface area contributed by atoms with E-state index in [2.05, 4.69) is 26.2 Å². The molecule has 12 heavy (non-hydrogen) atoms. The molecule has 0 fully saturated rings.